The highest BCUT2D eigenvalue weighted by atomic mass is 16.3. The van der Waals surface area contributed by atoms with Gasteiger partial charge in [0.2, 0.25) is 0 Å². The highest BCUT2D eigenvalue weighted by Gasteiger charge is 2.37. The van der Waals surface area contributed by atoms with Crippen LogP contribution in [0, 0.1) is 5.41 Å². The number of aliphatic hydroxyl groups is 2. The Bertz CT molecular complexity index is 572. The molecule has 2 aromatic rings. The molecule has 2 rings (SSSR count). The van der Waals surface area contributed by atoms with Crippen molar-refractivity contribution >= 4 is 11.4 Å². The van der Waals surface area contributed by atoms with E-state index in [9.17, 15) is 10.2 Å². The third kappa shape index (κ3) is 3.17. The van der Waals surface area contributed by atoms with Crippen molar-refractivity contribution < 1.29 is 10.2 Å². The maximum Gasteiger partial charge on any atom is 0.0869 e. The number of anilines is 2. The van der Waals surface area contributed by atoms with Crippen LogP contribution in [0.2, 0.25) is 0 Å². The first-order valence-corrected chi connectivity index (χ1v) is 6.89. The number of nitrogen functional groups attached to an aromatic ring is 2. The van der Waals surface area contributed by atoms with Gasteiger partial charge in [-0.15, -0.1) is 0 Å². The van der Waals surface area contributed by atoms with Crippen LogP contribution in [0.4, 0.5) is 11.4 Å². The van der Waals surface area contributed by atoms with Crippen LogP contribution in [0.3, 0.4) is 0 Å². The Morgan fingerprint density at radius 3 is 1.52 bits per heavy atom. The summed E-state index contributed by atoms with van der Waals surface area (Å²) in [6, 6.07) is 14.1. The molecule has 0 aliphatic rings. The Morgan fingerprint density at radius 2 is 1.19 bits per heavy atom. The number of rotatable bonds is 4. The molecular formula is C17H22N2O2. The second-order valence-electron chi connectivity index (χ2n) is 5.97. The fourth-order valence-electron chi connectivity index (χ4n) is 2.47. The fourth-order valence-corrected chi connectivity index (χ4v) is 2.47. The summed E-state index contributed by atoms with van der Waals surface area (Å²) in [5.74, 6) is 0. The molecule has 0 saturated carbocycles. The van der Waals surface area contributed by atoms with Gasteiger partial charge in [-0.2, -0.15) is 0 Å². The van der Waals surface area contributed by atoms with Gasteiger partial charge in [0.15, 0.2) is 0 Å². The molecule has 2 aromatic carbocycles. The molecule has 0 fully saturated rings. The van der Waals surface area contributed by atoms with E-state index in [1.807, 2.05) is 13.8 Å². The van der Waals surface area contributed by atoms with Crippen LogP contribution in [0.25, 0.3) is 0 Å². The van der Waals surface area contributed by atoms with Gasteiger partial charge in [0, 0.05) is 16.8 Å². The average Bonchev–Trinajstić information content (AvgIpc) is 2.45. The monoisotopic (exact) mass is 286 g/mol. The van der Waals surface area contributed by atoms with Crippen molar-refractivity contribution in [3.8, 4) is 0 Å². The number of hydrogen-bond donors (Lipinski definition) is 4. The maximum absolute atomic E-state index is 10.6. The van der Waals surface area contributed by atoms with Gasteiger partial charge in [-0.3, -0.25) is 0 Å². The number of nitrogens with two attached hydrogens (primary N) is 2. The van der Waals surface area contributed by atoms with Crippen LogP contribution in [0.5, 0.6) is 0 Å². The first-order chi connectivity index (χ1) is 9.82. The predicted molar refractivity (Wildman–Crippen MR) is 85.4 cm³/mol. The minimum atomic E-state index is -0.850. The Hall–Kier alpha value is -2.04. The highest BCUT2D eigenvalue weighted by Crippen LogP contribution is 2.44. The molecule has 0 aromatic heterocycles. The first kappa shape index (κ1) is 15.4. The molecule has 0 heterocycles. The highest BCUT2D eigenvalue weighted by molar-refractivity contribution is 5.43. The molecule has 112 valence electrons. The smallest absolute Gasteiger partial charge is 0.0869 e. The Balaban J connectivity index is 2.32. The Morgan fingerprint density at radius 1 is 0.810 bits per heavy atom. The quantitative estimate of drug-likeness (QED) is 0.650. The molecule has 4 nitrogen and oxygen atoms in total. The molecule has 0 aliphatic heterocycles. The third-order valence-electron chi connectivity index (χ3n) is 3.86. The van der Waals surface area contributed by atoms with Crippen molar-refractivity contribution in [3.63, 3.8) is 0 Å². The Labute approximate surface area is 125 Å². The van der Waals surface area contributed by atoms with E-state index in [1.54, 1.807) is 48.5 Å². The van der Waals surface area contributed by atoms with E-state index in [0.29, 0.717) is 22.5 Å². The van der Waals surface area contributed by atoms with Gasteiger partial charge in [-0.1, -0.05) is 38.1 Å². The van der Waals surface area contributed by atoms with Gasteiger partial charge in [-0.05, 0) is 35.4 Å². The van der Waals surface area contributed by atoms with Crippen molar-refractivity contribution in [1.29, 1.82) is 0 Å². The summed E-state index contributed by atoms with van der Waals surface area (Å²) in [7, 11) is 0. The van der Waals surface area contributed by atoms with Crippen LogP contribution in [-0.4, -0.2) is 10.2 Å². The minimum Gasteiger partial charge on any atom is -0.399 e. The lowest BCUT2D eigenvalue weighted by Crippen LogP contribution is -2.29. The average molecular weight is 286 g/mol. The zero-order valence-corrected chi connectivity index (χ0v) is 12.3. The van der Waals surface area contributed by atoms with Crippen LogP contribution in [-0.2, 0) is 0 Å². The molecule has 0 amide bonds. The maximum atomic E-state index is 10.6. The largest absolute Gasteiger partial charge is 0.399 e. The molecule has 0 aliphatic carbocycles. The molecule has 0 saturated heterocycles. The summed E-state index contributed by atoms with van der Waals surface area (Å²) >= 11 is 0. The van der Waals surface area contributed by atoms with E-state index in [-0.39, 0.29) is 0 Å². The number of hydrogen-bond acceptors (Lipinski definition) is 4. The summed E-state index contributed by atoms with van der Waals surface area (Å²) in [5.41, 5.74) is 13.3. The fraction of sp³-hybridized carbons (Fsp3) is 0.294. The van der Waals surface area contributed by atoms with Crippen molar-refractivity contribution in [2.45, 2.75) is 26.1 Å². The van der Waals surface area contributed by atoms with Gasteiger partial charge >= 0.3 is 0 Å². The summed E-state index contributed by atoms with van der Waals surface area (Å²) in [6.45, 7) is 3.63. The van der Waals surface area contributed by atoms with Crippen molar-refractivity contribution in [3.05, 3.63) is 59.7 Å². The second kappa shape index (κ2) is 5.76. The zero-order valence-electron chi connectivity index (χ0n) is 12.3. The van der Waals surface area contributed by atoms with Gasteiger partial charge in [0.05, 0.1) is 12.2 Å². The summed E-state index contributed by atoms with van der Waals surface area (Å²) in [4.78, 5) is 0. The van der Waals surface area contributed by atoms with E-state index in [2.05, 4.69) is 0 Å². The normalized spacial score (nSPS) is 14.7. The van der Waals surface area contributed by atoms with Gasteiger partial charge < -0.3 is 21.7 Å². The third-order valence-corrected chi connectivity index (χ3v) is 3.86. The molecule has 2 atom stereocenters. The molecule has 4 heteroatoms. The van der Waals surface area contributed by atoms with E-state index in [0.717, 1.165) is 0 Å². The van der Waals surface area contributed by atoms with E-state index >= 15 is 0 Å². The number of benzene rings is 2. The van der Waals surface area contributed by atoms with Crippen molar-refractivity contribution in [2.24, 2.45) is 5.41 Å². The van der Waals surface area contributed by atoms with Gasteiger partial charge in [0.1, 0.15) is 0 Å². The van der Waals surface area contributed by atoms with Crippen molar-refractivity contribution in [1.82, 2.24) is 0 Å². The summed E-state index contributed by atoms with van der Waals surface area (Å²) < 4.78 is 0. The molecule has 0 spiro atoms. The molecule has 0 bridgehead atoms. The zero-order chi connectivity index (χ0) is 15.6. The topological polar surface area (TPSA) is 92.5 Å². The number of aliphatic hydroxyl groups excluding tert-OH is 2. The SMILES string of the molecule is CC(C)(C(O)c1cccc(N)c1)C(O)c1cccc(N)c1. The van der Waals surface area contributed by atoms with Gasteiger partial charge in [-0.25, -0.2) is 0 Å². The van der Waals surface area contributed by atoms with Gasteiger partial charge in [0.25, 0.3) is 0 Å². The second-order valence-corrected chi connectivity index (χ2v) is 5.97. The molecule has 21 heavy (non-hydrogen) atoms. The van der Waals surface area contributed by atoms with E-state index < -0.39 is 17.6 Å². The lowest BCUT2D eigenvalue weighted by Gasteiger charge is -2.36. The predicted octanol–water partition coefficient (Wildman–Crippen LogP) is 2.64. The summed E-state index contributed by atoms with van der Waals surface area (Å²) in [6.07, 6.45) is -1.70. The van der Waals surface area contributed by atoms with E-state index in [4.69, 9.17) is 11.5 Å². The Kier molecular flexibility index (Phi) is 4.21. The lowest BCUT2D eigenvalue weighted by molar-refractivity contribution is -0.0512. The van der Waals surface area contributed by atoms with Crippen LogP contribution in [0.1, 0.15) is 37.2 Å². The molecular weight excluding hydrogens is 264 g/mol. The molecule has 0 radical (unpaired) electrons. The molecule has 6 N–H and O–H groups in total. The van der Waals surface area contributed by atoms with Crippen LogP contribution in [0.15, 0.2) is 48.5 Å². The molecule has 2 unspecified atom stereocenters. The summed E-state index contributed by atoms with van der Waals surface area (Å²) in [5, 5.41) is 21.3. The van der Waals surface area contributed by atoms with Crippen LogP contribution < -0.4 is 11.5 Å². The standard InChI is InChI=1S/C17H22N2O2/c1-17(2,15(20)11-5-3-7-13(18)9-11)16(21)12-6-4-8-14(19)10-12/h3-10,15-16,20-21H,18-19H2,1-2H3. The minimum absolute atomic E-state index is 0.584. The van der Waals surface area contributed by atoms with Crippen molar-refractivity contribution in [2.75, 3.05) is 11.5 Å². The van der Waals surface area contributed by atoms with Crippen LogP contribution >= 0.6 is 0 Å². The first-order valence-electron chi connectivity index (χ1n) is 6.89. The van der Waals surface area contributed by atoms with E-state index in [1.165, 1.54) is 0 Å². The lowest BCUT2D eigenvalue weighted by atomic mass is 9.75.